The van der Waals surface area contributed by atoms with Crippen LogP contribution in [0, 0.1) is 5.41 Å². The Morgan fingerprint density at radius 1 is 1.33 bits per heavy atom. The van der Waals surface area contributed by atoms with Gasteiger partial charge in [0.1, 0.15) is 0 Å². The molecule has 1 aliphatic carbocycles. The molecule has 4 heteroatoms. The van der Waals surface area contributed by atoms with Crippen molar-refractivity contribution in [1.82, 2.24) is 5.32 Å². The molecule has 1 saturated carbocycles. The summed E-state index contributed by atoms with van der Waals surface area (Å²) in [7, 11) is 1.88. The average Bonchev–Trinajstić information content (AvgIpc) is 2.92. The van der Waals surface area contributed by atoms with Gasteiger partial charge in [-0.15, -0.1) is 0 Å². The van der Waals surface area contributed by atoms with Crippen molar-refractivity contribution in [1.29, 1.82) is 0 Å². The van der Waals surface area contributed by atoms with E-state index in [4.69, 9.17) is 9.47 Å². The van der Waals surface area contributed by atoms with Crippen LogP contribution in [0.3, 0.4) is 0 Å². The van der Waals surface area contributed by atoms with Crippen molar-refractivity contribution in [2.45, 2.75) is 76.2 Å². The summed E-state index contributed by atoms with van der Waals surface area (Å²) < 4.78 is 11.9. The number of nitrogens with one attached hydrogen (secondary N) is 1. The van der Waals surface area contributed by atoms with E-state index in [0.717, 1.165) is 6.61 Å². The molecule has 122 valence electrons. The molecule has 0 aromatic rings. The van der Waals surface area contributed by atoms with Crippen LogP contribution in [0.2, 0.25) is 0 Å². The lowest BCUT2D eigenvalue weighted by Crippen LogP contribution is -2.66. The molecule has 3 rings (SSSR count). The maximum absolute atomic E-state index is 6.15. The molecule has 4 atom stereocenters. The Morgan fingerprint density at radius 3 is 2.76 bits per heavy atom. The molecule has 0 amide bonds. The molecule has 1 N–H and O–H groups in total. The van der Waals surface area contributed by atoms with Gasteiger partial charge in [0.2, 0.25) is 0 Å². The van der Waals surface area contributed by atoms with E-state index in [1.165, 1.54) is 50.0 Å². The van der Waals surface area contributed by atoms with Crippen LogP contribution >= 0.6 is 11.8 Å². The summed E-state index contributed by atoms with van der Waals surface area (Å²) in [4.78, 5) is 0. The molecule has 2 heterocycles. The highest BCUT2D eigenvalue weighted by molar-refractivity contribution is 7.99. The number of methoxy groups -OCH3 is 1. The number of rotatable bonds is 5. The van der Waals surface area contributed by atoms with E-state index in [1.807, 2.05) is 7.11 Å². The first-order valence-electron chi connectivity index (χ1n) is 8.68. The molecule has 0 unspecified atom stereocenters. The van der Waals surface area contributed by atoms with Gasteiger partial charge in [0.25, 0.3) is 0 Å². The molecule has 2 aliphatic heterocycles. The predicted molar refractivity (Wildman–Crippen MR) is 89.0 cm³/mol. The number of thioether (sulfide) groups is 1. The Kier molecular flexibility index (Phi) is 4.90. The van der Waals surface area contributed by atoms with Crippen LogP contribution in [-0.2, 0) is 9.47 Å². The largest absolute Gasteiger partial charge is 0.381 e. The van der Waals surface area contributed by atoms with Gasteiger partial charge in [-0.25, -0.2) is 0 Å². The summed E-state index contributed by atoms with van der Waals surface area (Å²) in [6.07, 6.45) is 7.67. The van der Waals surface area contributed by atoms with E-state index in [9.17, 15) is 0 Å². The Labute approximate surface area is 133 Å². The lowest BCUT2D eigenvalue weighted by molar-refractivity contribution is -0.134. The third kappa shape index (κ3) is 2.77. The van der Waals surface area contributed by atoms with Gasteiger partial charge < -0.3 is 14.8 Å². The van der Waals surface area contributed by atoms with Crippen LogP contribution in [0.25, 0.3) is 0 Å². The minimum absolute atomic E-state index is 0.187. The Balaban J connectivity index is 1.61. The van der Waals surface area contributed by atoms with Gasteiger partial charge in [0.05, 0.1) is 11.7 Å². The van der Waals surface area contributed by atoms with Crippen molar-refractivity contribution in [3.8, 4) is 0 Å². The minimum atomic E-state index is 0.187. The SMILES string of the molecule is CCC1(CC)[C@H](N[C@@H]2CCO[C@]3(CCSC3)C2)C[C@H]1OC. The molecule has 0 aromatic carbocycles. The molecule has 2 saturated heterocycles. The fourth-order valence-electron chi connectivity index (χ4n) is 4.83. The monoisotopic (exact) mass is 313 g/mol. The van der Waals surface area contributed by atoms with Crippen molar-refractivity contribution in [2.75, 3.05) is 25.2 Å². The molecule has 0 aromatic heterocycles. The van der Waals surface area contributed by atoms with Gasteiger partial charge in [-0.2, -0.15) is 11.8 Å². The van der Waals surface area contributed by atoms with E-state index >= 15 is 0 Å². The van der Waals surface area contributed by atoms with Crippen molar-refractivity contribution in [2.24, 2.45) is 5.41 Å². The molecule has 21 heavy (non-hydrogen) atoms. The number of hydrogen-bond acceptors (Lipinski definition) is 4. The van der Waals surface area contributed by atoms with E-state index in [2.05, 4.69) is 30.9 Å². The smallest absolute Gasteiger partial charge is 0.0795 e. The summed E-state index contributed by atoms with van der Waals surface area (Å²) in [6, 6.07) is 1.27. The Hall–Kier alpha value is 0.230. The quantitative estimate of drug-likeness (QED) is 0.844. The summed E-state index contributed by atoms with van der Waals surface area (Å²) in [5.41, 5.74) is 0.538. The predicted octanol–water partition coefficient (Wildman–Crippen LogP) is 3.22. The lowest BCUT2D eigenvalue weighted by atomic mass is 9.58. The number of hydrogen-bond donors (Lipinski definition) is 1. The lowest BCUT2D eigenvalue weighted by Gasteiger charge is -2.57. The molecule has 3 nitrogen and oxygen atoms in total. The molecular weight excluding hydrogens is 282 g/mol. The van der Waals surface area contributed by atoms with Crippen molar-refractivity contribution < 1.29 is 9.47 Å². The second kappa shape index (κ2) is 6.38. The van der Waals surface area contributed by atoms with Crippen molar-refractivity contribution >= 4 is 11.8 Å². The van der Waals surface area contributed by atoms with Crippen LogP contribution in [0.1, 0.15) is 52.4 Å². The second-order valence-corrected chi connectivity index (χ2v) is 8.25. The fourth-order valence-corrected chi connectivity index (χ4v) is 6.21. The summed E-state index contributed by atoms with van der Waals surface area (Å²) in [5.74, 6) is 2.47. The van der Waals surface area contributed by atoms with Crippen LogP contribution in [0.4, 0.5) is 0 Å². The zero-order chi connectivity index (χ0) is 14.9. The van der Waals surface area contributed by atoms with Crippen molar-refractivity contribution in [3.63, 3.8) is 0 Å². The highest BCUT2D eigenvalue weighted by Gasteiger charge is 2.54. The summed E-state index contributed by atoms with van der Waals surface area (Å²) in [5, 5.41) is 3.99. The highest BCUT2D eigenvalue weighted by Crippen LogP contribution is 2.49. The normalized spacial score (nSPS) is 42.1. The molecule has 3 fully saturated rings. The summed E-state index contributed by atoms with van der Waals surface area (Å²) >= 11 is 2.06. The van der Waals surface area contributed by atoms with Crippen LogP contribution in [0.15, 0.2) is 0 Å². The zero-order valence-electron chi connectivity index (χ0n) is 13.8. The number of ether oxygens (including phenoxy) is 2. The standard InChI is InChI=1S/C17H31NO2S/c1-4-17(5-2)14(10-15(17)19-3)18-13-6-8-20-16(11-13)7-9-21-12-16/h13-15,18H,4-12H2,1-3H3/t13-,14-,15-,16-/m1/s1. The highest BCUT2D eigenvalue weighted by atomic mass is 32.2. The summed E-state index contributed by atoms with van der Waals surface area (Å²) in [6.45, 7) is 5.58. The van der Waals surface area contributed by atoms with Gasteiger partial charge >= 0.3 is 0 Å². The van der Waals surface area contributed by atoms with E-state index in [-0.39, 0.29) is 5.60 Å². The van der Waals surface area contributed by atoms with Gasteiger partial charge in [-0.3, -0.25) is 0 Å². The van der Waals surface area contributed by atoms with Crippen LogP contribution in [-0.4, -0.2) is 49.0 Å². The first kappa shape index (κ1) is 16.1. The second-order valence-electron chi connectivity index (χ2n) is 7.14. The van der Waals surface area contributed by atoms with Crippen molar-refractivity contribution in [3.05, 3.63) is 0 Å². The van der Waals surface area contributed by atoms with E-state index in [0.29, 0.717) is 23.6 Å². The molecule has 1 spiro atoms. The maximum Gasteiger partial charge on any atom is 0.0795 e. The third-order valence-corrected chi connectivity index (χ3v) is 7.61. The first-order valence-corrected chi connectivity index (χ1v) is 9.84. The molecular formula is C17H31NO2S. The fraction of sp³-hybridized carbons (Fsp3) is 1.00. The topological polar surface area (TPSA) is 30.5 Å². The van der Waals surface area contributed by atoms with E-state index < -0.39 is 0 Å². The Bertz CT molecular complexity index is 353. The molecule has 3 aliphatic rings. The van der Waals surface area contributed by atoms with Gasteiger partial charge in [-0.05, 0) is 44.3 Å². The molecule has 0 radical (unpaired) electrons. The van der Waals surface area contributed by atoms with Crippen LogP contribution < -0.4 is 5.32 Å². The van der Waals surface area contributed by atoms with Gasteiger partial charge in [0, 0.05) is 37.0 Å². The minimum Gasteiger partial charge on any atom is -0.381 e. The van der Waals surface area contributed by atoms with E-state index in [1.54, 1.807) is 0 Å². The Morgan fingerprint density at radius 2 is 2.14 bits per heavy atom. The maximum atomic E-state index is 6.15. The molecule has 0 bridgehead atoms. The first-order chi connectivity index (χ1) is 10.2. The van der Waals surface area contributed by atoms with Gasteiger partial charge in [0.15, 0.2) is 0 Å². The zero-order valence-corrected chi connectivity index (χ0v) is 14.6. The van der Waals surface area contributed by atoms with Crippen LogP contribution in [0.5, 0.6) is 0 Å². The van der Waals surface area contributed by atoms with Gasteiger partial charge in [-0.1, -0.05) is 13.8 Å². The average molecular weight is 314 g/mol. The third-order valence-electron chi connectivity index (χ3n) is 6.38.